The van der Waals surface area contributed by atoms with Crippen LogP contribution in [-0.4, -0.2) is 7.11 Å². The van der Waals surface area contributed by atoms with E-state index >= 15 is 0 Å². The maximum atomic E-state index is 5.09. The molecule has 92 valence electrons. The van der Waals surface area contributed by atoms with Crippen LogP contribution in [0.1, 0.15) is 16.7 Å². The Morgan fingerprint density at radius 3 is 1.68 bits per heavy atom. The molecule has 1 nitrogen and oxygen atoms in total. The van der Waals surface area contributed by atoms with Gasteiger partial charge in [-0.1, -0.05) is 29.5 Å². The first-order valence-electron chi connectivity index (χ1n) is 6.01. The fourth-order valence-corrected chi connectivity index (χ4v) is 1.52. The Morgan fingerprint density at radius 2 is 1.21 bits per heavy atom. The van der Waals surface area contributed by atoms with Crippen molar-refractivity contribution in [2.45, 2.75) is 6.92 Å². The van der Waals surface area contributed by atoms with E-state index in [4.69, 9.17) is 4.74 Å². The molecular weight excluding hydrogens is 232 g/mol. The molecule has 2 aromatic carbocycles. The highest BCUT2D eigenvalue weighted by Gasteiger charge is 1.89. The Labute approximate surface area is 114 Å². The molecule has 0 N–H and O–H groups in total. The summed E-state index contributed by atoms with van der Waals surface area (Å²) in [5, 5.41) is 0. The van der Waals surface area contributed by atoms with Crippen LogP contribution < -0.4 is 4.74 Å². The highest BCUT2D eigenvalue weighted by atomic mass is 16.5. The molecular formula is C18H14O. The van der Waals surface area contributed by atoms with E-state index in [1.807, 2.05) is 48.5 Å². The molecule has 0 bridgehead atoms. The fraction of sp³-hybridized carbons (Fsp3) is 0.111. The van der Waals surface area contributed by atoms with Crippen molar-refractivity contribution in [2.75, 3.05) is 7.11 Å². The van der Waals surface area contributed by atoms with Gasteiger partial charge in [-0.2, -0.15) is 0 Å². The lowest BCUT2D eigenvalue weighted by molar-refractivity contribution is 0.415. The summed E-state index contributed by atoms with van der Waals surface area (Å²) in [6.07, 6.45) is 0. The molecule has 2 aromatic rings. The standard InChI is InChI=1S/C18H14O/c1-15-7-9-16(10-8-15)5-3-4-6-17-11-13-18(19-2)14-12-17/h7-14H,1-2H3. The lowest BCUT2D eigenvalue weighted by Gasteiger charge is -1.96. The Kier molecular flexibility index (Phi) is 4.27. The van der Waals surface area contributed by atoms with Gasteiger partial charge in [-0.25, -0.2) is 0 Å². The van der Waals surface area contributed by atoms with Crippen molar-refractivity contribution < 1.29 is 4.74 Å². The lowest BCUT2D eigenvalue weighted by atomic mass is 10.1. The molecule has 0 spiro atoms. The Bertz CT molecular complexity index is 656. The maximum absolute atomic E-state index is 5.09. The average Bonchev–Trinajstić information content (AvgIpc) is 2.46. The largest absolute Gasteiger partial charge is 0.497 e. The molecule has 0 aromatic heterocycles. The average molecular weight is 246 g/mol. The van der Waals surface area contributed by atoms with Crippen molar-refractivity contribution >= 4 is 0 Å². The first-order chi connectivity index (χ1) is 9.28. The molecule has 0 radical (unpaired) electrons. The molecule has 19 heavy (non-hydrogen) atoms. The summed E-state index contributed by atoms with van der Waals surface area (Å²) in [5.41, 5.74) is 3.14. The summed E-state index contributed by atoms with van der Waals surface area (Å²) >= 11 is 0. The van der Waals surface area contributed by atoms with Crippen molar-refractivity contribution in [2.24, 2.45) is 0 Å². The minimum Gasteiger partial charge on any atom is -0.497 e. The zero-order chi connectivity index (χ0) is 13.5. The zero-order valence-corrected chi connectivity index (χ0v) is 11.0. The number of rotatable bonds is 1. The molecule has 0 aliphatic carbocycles. The van der Waals surface area contributed by atoms with Crippen molar-refractivity contribution in [3.05, 3.63) is 65.2 Å². The van der Waals surface area contributed by atoms with Crippen molar-refractivity contribution in [1.82, 2.24) is 0 Å². The van der Waals surface area contributed by atoms with E-state index in [0.29, 0.717) is 0 Å². The van der Waals surface area contributed by atoms with Crippen LogP contribution in [0.5, 0.6) is 5.75 Å². The second kappa shape index (κ2) is 6.34. The third-order valence-electron chi connectivity index (χ3n) is 2.62. The Hall–Kier alpha value is -2.64. The SMILES string of the molecule is COc1ccc(C#CC#Cc2ccc(C)cc2)cc1. The monoisotopic (exact) mass is 246 g/mol. The predicted octanol–water partition coefficient (Wildman–Crippen LogP) is 3.41. The van der Waals surface area contributed by atoms with Crippen molar-refractivity contribution in [3.63, 3.8) is 0 Å². The van der Waals surface area contributed by atoms with Crippen LogP contribution in [0.3, 0.4) is 0 Å². The number of methoxy groups -OCH3 is 1. The van der Waals surface area contributed by atoms with Gasteiger partial charge in [-0.15, -0.1) is 0 Å². The van der Waals surface area contributed by atoms with E-state index in [2.05, 4.69) is 30.6 Å². The van der Waals surface area contributed by atoms with Gasteiger partial charge in [0.2, 0.25) is 0 Å². The van der Waals surface area contributed by atoms with Crippen LogP contribution in [0, 0.1) is 30.6 Å². The van der Waals surface area contributed by atoms with Crippen molar-refractivity contribution in [1.29, 1.82) is 0 Å². The first-order valence-corrected chi connectivity index (χ1v) is 6.01. The zero-order valence-electron chi connectivity index (χ0n) is 11.0. The van der Waals surface area contributed by atoms with Gasteiger partial charge >= 0.3 is 0 Å². The summed E-state index contributed by atoms with van der Waals surface area (Å²) < 4.78 is 5.09. The molecule has 0 fully saturated rings. The predicted molar refractivity (Wildman–Crippen MR) is 77.9 cm³/mol. The number of hydrogen-bond acceptors (Lipinski definition) is 1. The van der Waals surface area contributed by atoms with E-state index in [9.17, 15) is 0 Å². The van der Waals surface area contributed by atoms with Crippen molar-refractivity contribution in [3.8, 4) is 29.4 Å². The smallest absolute Gasteiger partial charge is 0.118 e. The normalized spacial score (nSPS) is 8.74. The van der Waals surface area contributed by atoms with Gasteiger partial charge in [0.15, 0.2) is 0 Å². The molecule has 0 aliphatic rings. The highest BCUT2D eigenvalue weighted by Crippen LogP contribution is 2.09. The minimum absolute atomic E-state index is 0.830. The molecule has 0 saturated heterocycles. The lowest BCUT2D eigenvalue weighted by Crippen LogP contribution is -1.81. The van der Waals surface area contributed by atoms with Crippen LogP contribution in [-0.2, 0) is 0 Å². The fourth-order valence-electron chi connectivity index (χ4n) is 1.52. The Balaban J connectivity index is 2.06. The number of ether oxygens (including phenoxy) is 1. The summed E-state index contributed by atoms with van der Waals surface area (Å²) in [4.78, 5) is 0. The van der Waals surface area contributed by atoms with Crippen LogP contribution in [0.2, 0.25) is 0 Å². The van der Waals surface area contributed by atoms with E-state index < -0.39 is 0 Å². The molecule has 0 heterocycles. The molecule has 1 heteroatoms. The summed E-state index contributed by atoms with van der Waals surface area (Å²) in [6.45, 7) is 2.06. The van der Waals surface area contributed by atoms with Gasteiger partial charge in [-0.3, -0.25) is 0 Å². The van der Waals surface area contributed by atoms with Crippen LogP contribution in [0.25, 0.3) is 0 Å². The van der Waals surface area contributed by atoms with Gasteiger partial charge < -0.3 is 4.74 Å². The quantitative estimate of drug-likeness (QED) is 0.701. The molecule has 0 aliphatic heterocycles. The number of benzene rings is 2. The van der Waals surface area contributed by atoms with Gasteiger partial charge in [0.25, 0.3) is 0 Å². The third-order valence-corrected chi connectivity index (χ3v) is 2.62. The van der Waals surface area contributed by atoms with E-state index in [1.54, 1.807) is 7.11 Å². The summed E-state index contributed by atoms with van der Waals surface area (Å²) in [7, 11) is 1.65. The van der Waals surface area contributed by atoms with E-state index in [-0.39, 0.29) is 0 Å². The van der Waals surface area contributed by atoms with Gasteiger partial charge in [0, 0.05) is 11.1 Å². The van der Waals surface area contributed by atoms with Crippen LogP contribution in [0.4, 0.5) is 0 Å². The van der Waals surface area contributed by atoms with Gasteiger partial charge in [-0.05, 0) is 55.2 Å². The second-order valence-corrected chi connectivity index (χ2v) is 4.09. The van der Waals surface area contributed by atoms with Crippen LogP contribution in [0.15, 0.2) is 48.5 Å². The summed E-state index contributed by atoms with van der Waals surface area (Å²) in [5.74, 6) is 12.6. The minimum atomic E-state index is 0.830. The molecule has 0 saturated carbocycles. The van der Waals surface area contributed by atoms with E-state index in [1.165, 1.54) is 5.56 Å². The summed E-state index contributed by atoms with van der Waals surface area (Å²) in [6, 6.07) is 15.7. The van der Waals surface area contributed by atoms with Crippen LogP contribution >= 0.6 is 0 Å². The third kappa shape index (κ3) is 3.95. The Morgan fingerprint density at radius 1 is 0.737 bits per heavy atom. The molecule has 2 rings (SSSR count). The van der Waals surface area contributed by atoms with E-state index in [0.717, 1.165) is 16.9 Å². The first kappa shape index (κ1) is 12.8. The topological polar surface area (TPSA) is 9.23 Å². The molecule has 0 atom stereocenters. The van der Waals surface area contributed by atoms with Gasteiger partial charge in [0.1, 0.15) is 5.75 Å². The maximum Gasteiger partial charge on any atom is 0.118 e. The molecule has 0 amide bonds. The second-order valence-electron chi connectivity index (χ2n) is 4.09. The highest BCUT2D eigenvalue weighted by molar-refractivity contribution is 5.45. The molecule has 0 unspecified atom stereocenters. The van der Waals surface area contributed by atoms with Gasteiger partial charge in [0.05, 0.1) is 7.11 Å². The number of aryl methyl sites for hydroxylation is 1. The number of hydrogen-bond donors (Lipinski definition) is 0.